The van der Waals surface area contributed by atoms with Crippen LogP contribution in [0.15, 0.2) is 60.7 Å². The van der Waals surface area contributed by atoms with Crippen LogP contribution < -0.4 is 5.73 Å². The van der Waals surface area contributed by atoms with Crippen molar-refractivity contribution in [2.45, 2.75) is 128 Å². The molecule has 0 heterocycles. The average molecular weight is 450 g/mol. The minimum absolute atomic E-state index is 0.154. The van der Waals surface area contributed by atoms with Crippen LogP contribution in [0, 0.1) is 0 Å². The molecule has 0 saturated carbocycles. The Labute approximate surface area is 205 Å². The average Bonchev–Trinajstić information content (AvgIpc) is 2.83. The highest BCUT2D eigenvalue weighted by Crippen LogP contribution is 2.24. The van der Waals surface area contributed by atoms with Crippen LogP contribution in [-0.4, -0.2) is 5.54 Å². The second-order valence-corrected chi connectivity index (χ2v) is 10.4. The summed E-state index contributed by atoms with van der Waals surface area (Å²) in [6, 6.07) is 21.6. The minimum Gasteiger partial charge on any atom is -0.324 e. The van der Waals surface area contributed by atoms with Crippen LogP contribution in [0.1, 0.15) is 121 Å². The van der Waals surface area contributed by atoms with Crippen LogP contribution in [0.25, 0.3) is 0 Å². The van der Waals surface area contributed by atoms with E-state index in [4.69, 9.17) is 5.73 Å². The second-order valence-electron chi connectivity index (χ2n) is 10.4. The molecule has 0 aromatic heterocycles. The molecule has 184 valence electrons. The lowest BCUT2D eigenvalue weighted by molar-refractivity contribution is 0.367. The third-order valence-electron chi connectivity index (χ3n) is 7.08. The van der Waals surface area contributed by atoms with Crippen LogP contribution in [0.3, 0.4) is 0 Å². The molecule has 0 aliphatic carbocycles. The number of hydrogen-bond donors (Lipinski definition) is 1. The Morgan fingerprint density at radius 3 is 1.18 bits per heavy atom. The third kappa shape index (κ3) is 13.6. The zero-order valence-corrected chi connectivity index (χ0v) is 21.6. The Morgan fingerprint density at radius 1 is 0.485 bits per heavy atom. The predicted molar refractivity (Wildman–Crippen MR) is 147 cm³/mol. The molecule has 2 aromatic rings. The Balaban J connectivity index is 1.56. The van der Waals surface area contributed by atoms with Gasteiger partial charge >= 0.3 is 0 Å². The predicted octanol–water partition coefficient (Wildman–Crippen LogP) is 9.43. The van der Waals surface area contributed by atoms with Crippen LogP contribution in [0.5, 0.6) is 0 Å². The number of hydrogen-bond acceptors (Lipinski definition) is 1. The monoisotopic (exact) mass is 449 g/mol. The first kappa shape index (κ1) is 27.6. The molecule has 1 heteroatoms. The van der Waals surface area contributed by atoms with E-state index < -0.39 is 0 Å². The van der Waals surface area contributed by atoms with Crippen LogP contribution >= 0.6 is 0 Å². The molecule has 0 aliphatic heterocycles. The summed E-state index contributed by atoms with van der Waals surface area (Å²) in [7, 11) is 0. The summed E-state index contributed by atoms with van der Waals surface area (Å²) in [6.45, 7) is 2.30. The quantitative estimate of drug-likeness (QED) is 0.200. The Kier molecular flexibility index (Phi) is 14.9. The van der Waals surface area contributed by atoms with E-state index in [-0.39, 0.29) is 5.54 Å². The van der Waals surface area contributed by atoms with Gasteiger partial charge in [-0.05, 0) is 30.4 Å². The maximum absolute atomic E-state index is 7.02. The summed E-state index contributed by atoms with van der Waals surface area (Å²) in [5, 5.41) is 0. The normalized spacial score (nSPS) is 11.7. The fourth-order valence-corrected chi connectivity index (χ4v) is 5.09. The molecule has 1 nitrogen and oxygen atoms in total. The van der Waals surface area contributed by atoms with Gasteiger partial charge < -0.3 is 5.73 Å². The van der Waals surface area contributed by atoms with Gasteiger partial charge in [-0.3, -0.25) is 0 Å². The fourth-order valence-electron chi connectivity index (χ4n) is 5.09. The van der Waals surface area contributed by atoms with Gasteiger partial charge in [0.25, 0.3) is 0 Å². The fraction of sp³-hybridized carbons (Fsp3) is 0.625. The highest BCUT2D eigenvalue weighted by atomic mass is 14.7. The molecule has 0 unspecified atom stereocenters. The number of rotatable bonds is 20. The van der Waals surface area contributed by atoms with E-state index in [9.17, 15) is 0 Å². The Morgan fingerprint density at radius 2 is 0.818 bits per heavy atom. The van der Waals surface area contributed by atoms with Gasteiger partial charge in [0.05, 0.1) is 0 Å². The molecule has 0 saturated heterocycles. The van der Waals surface area contributed by atoms with Gasteiger partial charge in [0, 0.05) is 5.54 Å². The third-order valence-corrected chi connectivity index (χ3v) is 7.08. The molecular weight excluding hydrogens is 398 g/mol. The van der Waals surface area contributed by atoms with Gasteiger partial charge in [0.15, 0.2) is 0 Å². The summed E-state index contributed by atoms with van der Waals surface area (Å²) in [4.78, 5) is 0. The van der Waals surface area contributed by atoms with Crippen LogP contribution in [0.4, 0.5) is 0 Å². The maximum atomic E-state index is 7.02. The molecule has 0 bridgehead atoms. The standard InChI is InChI=1S/C32H51N/c1-2-3-4-5-6-7-8-9-10-11-12-13-14-15-22-27-32(33,28-30-23-18-16-19-24-30)29-31-25-20-17-21-26-31/h16-21,23-26H,2-15,22,27-29,33H2,1H3. The number of benzene rings is 2. The van der Waals surface area contributed by atoms with Crippen LogP contribution in [-0.2, 0) is 12.8 Å². The van der Waals surface area contributed by atoms with Gasteiger partial charge in [-0.2, -0.15) is 0 Å². The second kappa shape index (κ2) is 17.8. The maximum Gasteiger partial charge on any atom is 0.0235 e. The largest absolute Gasteiger partial charge is 0.324 e. The molecule has 0 atom stereocenters. The molecule has 0 fully saturated rings. The molecular formula is C32H51N. The first-order valence-electron chi connectivity index (χ1n) is 14.1. The number of unbranched alkanes of at least 4 members (excludes halogenated alkanes) is 14. The van der Waals surface area contributed by atoms with E-state index in [0.29, 0.717) is 0 Å². The Hall–Kier alpha value is -1.60. The molecule has 2 rings (SSSR count). The van der Waals surface area contributed by atoms with Crippen molar-refractivity contribution in [3.05, 3.63) is 71.8 Å². The zero-order valence-electron chi connectivity index (χ0n) is 21.6. The van der Waals surface area contributed by atoms with Gasteiger partial charge in [-0.1, -0.05) is 164 Å². The van der Waals surface area contributed by atoms with E-state index >= 15 is 0 Å². The highest BCUT2D eigenvalue weighted by Gasteiger charge is 2.25. The topological polar surface area (TPSA) is 26.0 Å². The van der Waals surface area contributed by atoms with Crippen molar-refractivity contribution >= 4 is 0 Å². The highest BCUT2D eigenvalue weighted by molar-refractivity contribution is 5.22. The zero-order chi connectivity index (χ0) is 23.5. The van der Waals surface area contributed by atoms with Crippen molar-refractivity contribution in [2.75, 3.05) is 0 Å². The summed E-state index contributed by atoms with van der Waals surface area (Å²) < 4.78 is 0. The SMILES string of the molecule is CCCCCCCCCCCCCCCCCC(N)(Cc1ccccc1)Cc1ccccc1. The van der Waals surface area contributed by atoms with Crippen LogP contribution in [0.2, 0.25) is 0 Å². The molecule has 0 amide bonds. The van der Waals surface area contributed by atoms with Gasteiger partial charge in [-0.25, -0.2) is 0 Å². The van der Waals surface area contributed by atoms with E-state index in [1.54, 1.807) is 0 Å². The van der Waals surface area contributed by atoms with Crippen molar-refractivity contribution in [3.8, 4) is 0 Å². The van der Waals surface area contributed by atoms with Crippen molar-refractivity contribution in [2.24, 2.45) is 5.73 Å². The summed E-state index contributed by atoms with van der Waals surface area (Å²) >= 11 is 0. The first-order chi connectivity index (χ1) is 16.2. The first-order valence-corrected chi connectivity index (χ1v) is 14.1. The minimum atomic E-state index is -0.154. The van der Waals surface area contributed by atoms with E-state index in [0.717, 1.165) is 19.3 Å². The van der Waals surface area contributed by atoms with Gasteiger partial charge in [-0.15, -0.1) is 0 Å². The van der Waals surface area contributed by atoms with Crippen molar-refractivity contribution in [3.63, 3.8) is 0 Å². The molecule has 2 aromatic carbocycles. The summed E-state index contributed by atoms with van der Waals surface area (Å²) in [5.41, 5.74) is 9.58. The smallest absolute Gasteiger partial charge is 0.0235 e. The van der Waals surface area contributed by atoms with Gasteiger partial charge in [0.2, 0.25) is 0 Å². The lowest BCUT2D eigenvalue weighted by Gasteiger charge is -2.30. The van der Waals surface area contributed by atoms with E-state index in [2.05, 4.69) is 67.6 Å². The van der Waals surface area contributed by atoms with Crippen molar-refractivity contribution in [1.29, 1.82) is 0 Å². The number of nitrogens with two attached hydrogens (primary N) is 1. The molecule has 0 aliphatic rings. The van der Waals surface area contributed by atoms with E-state index in [1.807, 2.05) is 0 Å². The summed E-state index contributed by atoms with van der Waals surface area (Å²) in [5.74, 6) is 0. The lowest BCUT2D eigenvalue weighted by atomic mass is 9.81. The van der Waals surface area contributed by atoms with Crippen molar-refractivity contribution < 1.29 is 0 Å². The van der Waals surface area contributed by atoms with Crippen molar-refractivity contribution in [1.82, 2.24) is 0 Å². The summed E-state index contributed by atoms with van der Waals surface area (Å²) in [6.07, 6.45) is 24.1. The van der Waals surface area contributed by atoms with Gasteiger partial charge in [0.1, 0.15) is 0 Å². The molecule has 0 radical (unpaired) electrons. The Bertz CT molecular complexity index is 637. The molecule has 2 N–H and O–H groups in total. The molecule has 33 heavy (non-hydrogen) atoms. The lowest BCUT2D eigenvalue weighted by Crippen LogP contribution is -2.44. The van der Waals surface area contributed by atoms with E-state index in [1.165, 1.54) is 107 Å². The molecule has 0 spiro atoms.